The smallest absolute Gasteiger partial charge is 0.338 e. The summed E-state index contributed by atoms with van der Waals surface area (Å²) in [6.45, 7) is 0.157. The minimum absolute atomic E-state index is 0.00848. The lowest BCUT2D eigenvalue weighted by Gasteiger charge is -2.44. The van der Waals surface area contributed by atoms with Gasteiger partial charge in [0.15, 0.2) is 17.0 Å². The molecule has 2 saturated heterocycles. The lowest BCUT2D eigenvalue weighted by molar-refractivity contribution is -0.202. The van der Waals surface area contributed by atoms with Gasteiger partial charge in [0, 0.05) is 23.2 Å². The number of rotatable bonds is 8. The molecule has 8 rings (SSSR count). The molecular formula is C38H31N6O7P. The number of carbonyl (C=O) groups excluding carboxylic acids is 3. The molecule has 52 heavy (non-hydrogen) atoms. The van der Waals surface area contributed by atoms with Gasteiger partial charge >= 0.3 is 5.97 Å². The van der Waals surface area contributed by atoms with E-state index in [9.17, 15) is 14.4 Å². The van der Waals surface area contributed by atoms with Crippen molar-refractivity contribution in [2.45, 2.75) is 31.0 Å². The normalized spacial score (nSPS) is 21.1. The number of hydrogen-bond donors (Lipinski definition) is 1. The Bertz CT molecular complexity index is 2140. The van der Waals surface area contributed by atoms with Crippen LogP contribution in [-0.2, 0) is 18.5 Å². The standard InChI is InChI=1S/C38H31N6O7P/c45-36(25-13-5-1-6-14-25)44(37(46)26-15-7-2-8-16-26)35-32-34(39-23-40-35)43(24-41-32)31-21-29(50-38(47)27-17-9-3-10-18-27)33-30(49-31)22-48-52(51-33)42-28-19-11-4-12-20-28/h1-20,23-24,29-31,33,42H,21-22H2/t29-,30+,31+,33-,52-/m0/s1. The van der Waals surface area contributed by atoms with Crippen LogP contribution >= 0.6 is 8.53 Å². The van der Waals surface area contributed by atoms with E-state index in [2.05, 4.69) is 20.0 Å². The van der Waals surface area contributed by atoms with E-state index < -0.39 is 50.8 Å². The van der Waals surface area contributed by atoms with Crippen LogP contribution in [0.2, 0.25) is 0 Å². The van der Waals surface area contributed by atoms with Gasteiger partial charge in [-0.3, -0.25) is 14.2 Å². The number of para-hydroxylation sites is 1. The molecule has 0 saturated carbocycles. The van der Waals surface area contributed by atoms with Gasteiger partial charge in [-0.15, -0.1) is 0 Å². The lowest BCUT2D eigenvalue weighted by atomic mass is 10.0. The Kier molecular flexibility index (Phi) is 9.47. The van der Waals surface area contributed by atoms with Gasteiger partial charge in [0.05, 0.1) is 18.5 Å². The van der Waals surface area contributed by atoms with Gasteiger partial charge in [-0.25, -0.2) is 24.6 Å². The van der Waals surface area contributed by atoms with E-state index in [1.165, 1.54) is 12.7 Å². The zero-order valence-electron chi connectivity index (χ0n) is 27.5. The third kappa shape index (κ3) is 6.78. The molecule has 6 aromatic rings. The first-order valence-electron chi connectivity index (χ1n) is 16.5. The molecule has 1 N–H and O–H groups in total. The van der Waals surface area contributed by atoms with Crippen LogP contribution in [0.25, 0.3) is 11.2 Å². The molecule has 4 aromatic carbocycles. The molecule has 2 aliphatic heterocycles. The second kappa shape index (κ2) is 14.8. The van der Waals surface area contributed by atoms with E-state index in [1.807, 2.05) is 36.4 Å². The zero-order chi connectivity index (χ0) is 35.4. The molecule has 260 valence electrons. The first kappa shape index (κ1) is 33.3. The topological polar surface area (TPSA) is 147 Å². The fraction of sp³-hybridized carbons (Fsp3) is 0.158. The predicted octanol–water partition coefficient (Wildman–Crippen LogP) is 6.58. The highest BCUT2D eigenvalue weighted by Crippen LogP contribution is 2.48. The summed E-state index contributed by atoms with van der Waals surface area (Å²) in [6, 6.07) is 35.2. The largest absolute Gasteiger partial charge is 0.456 e. The van der Waals surface area contributed by atoms with Crippen LogP contribution in [0.5, 0.6) is 0 Å². The number of ether oxygens (including phenoxy) is 2. The van der Waals surface area contributed by atoms with E-state index >= 15 is 0 Å². The SMILES string of the molecule is O=C(O[C@H]1C[C@H](n2cnc3c(N(C(=O)c4ccccc4)C(=O)c4ccccc4)ncnc32)O[C@@H]2CO[P@](Nc3ccccc3)O[C@@H]12)c1ccccc1. The van der Waals surface area contributed by atoms with E-state index in [0.29, 0.717) is 22.3 Å². The number of imidazole rings is 1. The molecule has 0 radical (unpaired) electrons. The van der Waals surface area contributed by atoms with Crippen molar-refractivity contribution < 1.29 is 32.9 Å². The lowest BCUT2D eigenvalue weighted by Crippen LogP contribution is -2.53. The molecular weight excluding hydrogens is 683 g/mol. The van der Waals surface area contributed by atoms with Gasteiger partial charge in [0.1, 0.15) is 30.9 Å². The number of benzene rings is 4. The monoisotopic (exact) mass is 714 g/mol. The van der Waals surface area contributed by atoms with E-state index in [4.69, 9.17) is 18.5 Å². The number of imide groups is 1. The second-order valence-electron chi connectivity index (χ2n) is 12.0. The number of amides is 2. The van der Waals surface area contributed by atoms with Crippen molar-refractivity contribution in [2.24, 2.45) is 0 Å². The molecule has 0 bridgehead atoms. The molecule has 4 heterocycles. The number of anilines is 2. The quantitative estimate of drug-likeness (QED) is 0.104. The summed E-state index contributed by atoms with van der Waals surface area (Å²) in [6.07, 6.45) is 0.181. The third-order valence-corrected chi connectivity index (χ3v) is 9.90. The van der Waals surface area contributed by atoms with Gasteiger partial charge in [-0.2, -0.15) is 0 Å². The van der Waals surface area contributed by atoms with Gasteiger partial charge in [0.25, 0.3) is 20.3 Å². The molecule has 13 nitrogen and oxygen atoms in total. The Morgan fingerprint density at radius 2 is 1.37 bits per heavy atom. The summed E-state index contributed by atoms with van der Waals surface area (Å²) in [5.41, 5.74) is 2.31. The van der Waals surface area contributed by atoms with Crippen molar-refractivity contribution in [3.8, 4) is 0 Å². The molecule has 0 aliphatic carbocycles. The van der Waals surface area contributed by atoms with Crippen LogP contribution in [0.1, 0.15) is 43.7 Å². The summed E-state index contributed by atoms with van der Waals surface area (Å²) < 4.78 is 26.8. The Labute approximate surface area is 299 Å². The first-order chi connectivity index (χ1) is 25.5. The van der Waals surface area contributed by atoms with Crippen LogP contribution in [0.15, 0.2) is 134 Å². The Hall–Kier alpha value is -5.85. The van der Waals surface area contributed by atoms with Crippen LogP contribution in [0.4, 0.5) is 11.5 Å². The van der Waals surface area contributed by atoms with Crippen LogP contribution < -0.4 is 9.99 Å². The molecule has 0 unspecified atom stereocenters. The van der Waals surface area contributed by atoms with Gasteiger partial charge in [-0.05, 0) is 48.5 Å². The minimum Gasteiger partial charge on any atom is -0.456 e. The second-order valence-corrected chi connectivity index (χ2v) is 13.2. The number of carbonyl (C=O) groups is 3. The maximum atomic E-state index is 14.0. The van der Waals surface area contributed by atoms with E-state index in [-0.39, 0.29) is 24.4 Å². The summed E-state index contributed by atoms with van der Waals surface area (Å²) in [5, 5.41) is 3.27. The maximum Gasteiger partial charge on any atom is 0.338 e. The number of nitrogens with one attached hydrogen (secondary N) is 1. The van der Waals surface area contributed by atoms with E-state index in [0.717, 1.165) is 10.6 Å². The number of fused-ring (bicyclic) bond motifs is 2. The molecule has 2 aliphatic rings. The first-order valence-corrected chi connectivity index (χ1v) is 17.7. The van der Waals surface area contributed by atoms with Crippen LogP contribution in [-0.4, -0.2) is 62.2 Å². The third-order valence-electron chi connectivity index (χ3n) is 8.64. The van der Waals surface area contributed by atoms with Gasteiger partial charge in [0.2, 0.25) is 0 Å². The van der Waals surface area contributed by atoms with Crippen molar-refractivity contribution in [2.75, 3.05) is 16.6 Å². The summed E-state index contributed by atoms with van der Waals surface area (Å²) in [4.78, 5) is 55.8. The predicted molar refractivity (Wildman–Crippen MR) is 191 cm³/mol. The molecule has 2 fully saturated rings. The van der Waals surface area contributed by atoms with Crippen molar-refractivity contribution in [3.05, 3.63) is 151 Å². The van der Waals surface area contributed by atoms with Crippen molar-refractivity contribution in [3.63, 3.8) is 0 Å². The molecule has 2 aromatic heterocycles. The summed E-state index contributed by atoms with van der Waals surface area (Å²) in [7, 11) is -1.58. The maximum absolute atomic E-state index is 14.0. The highest BCUT2D eigenvalue weighted by Gasteiger charge is 2.48. The Morgan fingerprint density at radius 3 is 2.00 bits per heavy atom. The summed E-state index contributed by atoms with van der Waals surface area (Å²) in [5.74, 6) is -1.65. The zero-order valence-corrected chi connectivity index (χ0v) is 28.4. The highest BCUT2D eigenvalue weighted by molar-refractivity contribution is 7.49. The molecule has 14 heteroatoms. The fourth-order valence-electron chi connectivity index (χ4n) is 6.13. The Balaban J connectivity index is 1.12. The average molecular weight is 715 g/mol. The Morgan fingerprint density at radius 1 is 0.769 bits per heavy atom. The number of aromatic nitrogens is 4. The van der Waals surface area contributed by atoms with E-state index in [1.54, 1.807) is 89.5 Å². The average Bonchev–Trinajstić information content (AvgIpc) is 3.64. The molecule has 2 amide bonds. The fourth-order valence-corrected chi connectivity index (χ4v) is 7.44. The van der Waals surface area contributed by atoms with Crippen molar-refractivity contribution >= 4 is 49.0 Å². The molecule has 5 atom stereocenters. The number of hydrogen-bond acceptors (Lipinski definition) is 11. The van der Waals surface area contributed by atoms with Crippen molar-refractivity contribution in [1.29, 1.82) is 0 Å². The van der Waals surface area contributed by atoms with Gasteiger partial charge in [-0.1, -0.05) is 72.8 Å². The minimum atomic E-state index is -1.58. The van der Waals surface area contributed by atoms with Gasteiger partial charge < -0.3 is 23.6 Å². The van der Waals surface area contributed by atoms with Crippen molar-refractivity contribution in [1.82, 2.24) is 19.5 Å². The number of esters is 1. The number of nitrogens with zero attached hydrogens (tertiary/aromatic N) is 5. The highest BCUT2D eigenvalue weighted by atomic mass is 31.2. The van der Waals surface area contributed by atoms with Crippen LogP contribution in [0.3, 0.4) is 0 Å². The molecule has 0 spiro atoms. The summed E-state index contributed by atoms with van der Waals surface area (Å²) >= 11 is 0. The van der Waals surface area contributed by atoms with Crippen LogP contribution in [0, 0.1) is 0 Å².